The summed E-state index contributed by atoms with van der Waals surface area (Å²) in [5.41, 5.74) is 2.94. The molecule has 0 aliphatic carbocycles. The van der Waals surface area contributed by atoms with Crippen LogP contribution in [0.25, 0.3) is 5.76 Å². The van der Waals surface area contributed by atoms with Crippen LogP contribution in [0.2, 0.25) is 5.02 Å². The van der Waals surface area contributed by atoms with E-state index in [1.54, 1.807) is 24.3 Å². The van der Waals surface area contributed by atoms with Gasteiger partial charge < -0.3 is 5.11 Å². The van der Waals surface area contributed by atoms with E-state index in [9.17, 15) is 19.1 Å². The van der Waals surface area contributed by atoms with Gasteiger partial charge in [-0.2, -0.15) is 0 Å². The van der Waals surface area contributed by atoms with E-state index in [2.05, 4.69) is 20.8 Å². The lowest BCUT2D eigenvalue weighted by Gasteiger charge is -2.26. The van der Waals surface area contributed by atoms with E-state index in [-0.39, 0.29) is 16.7 Å². The molecule has 1 heterocycles. The highest BCUT2D eigenvalue weighted by molar-refractivity contribution is 6.51. The van der Waals surface area contributed by atoms with Crippen molar-refractivity contribution < 1.29 is 19.1 Å². The van der Waals surface area contributed by atoms with Crippen LogP contribution in [0.5, 0.6) is 0 Å². The number of nitrogens with zero attached hydrogens (tertiary/aromatic N) is 1. The number of carbonyl (C=O) groups excluding carboxylic acids is 2. The van der Waals surface area contributed by atoms with Gasteiger partial charge in [0.05, 0.1) is 11.6 Å². The summed E-state index contributed by atoms with van der Waals surface area (Å²) in [6, 6.07) is 16.9. The molecule has 1 N–H and O–H groups in total. The van der Waals surface area contributed by atoms with Crippen molar-refractivity contribution in [2.24, 2.45) is 0 Å². The summed E-state index contributed by atoms with van der Waals surface area (Å²) < 4.78 is 13.7. The van der Waals surface area contributed by atoms with E-state index < -0.39 is 23.5 Å². The number of amides is 1. The maximum absolute atomic E-state index is 13.7. The van der Waals surface area contributed by atoms with Crippen LogP contribution in [-0.2, 0) is 15.0 Å². The third-order valence-electron chi connectivity index (χ3n) is 6.09. The number of hydrogen-bond acceptors (Lipinski definition) is 3. The van der Waals surface area contributed by atoms with Crippen molar-refractivity contribution in [2.75, 3.05) is 4.90 Å². The molecule has 0 saturated carbocycles. The van der Waals surface area contributed by atoms with Crippen LogP contribution in [0.15, 0.2) is 72.3 Å². The summed E-state index contributed by atoms with van der Waals surface area (Å²) in [4.78, 5) is 27.8. The smallest absolute Gasteiger partial charge is 0.300 e. The van der Waals surface area contributed by atoms with Gasteiger partial charge in [0.2, 0.25) is 0 Å². The Morgan fingerprint density at radius 2 is 1.59 bits per heavy atom. The molecule has 174 valence electrons. The summed E-state index contributed by atoms with van der Waals surface area (Å²) in [6.07, 6.45) is 0. The molecule has 1 aliphatic rings. The minimum absolute atomic E-state index is 0.0410. The molecule has 0 radical (unpaired) electrons. The second kappa shape index (κ2) is 8.73. The van der Waals surface area contributed by atoms with Crippen LogP contribution < -0.4 is 4.90 Å². The molecule has 4 rings (SSSR count). The number of aliphatic hydroxyl groups excluding tert-OH is 1. The minimum Gasteiger partial charge on any atom is -0.507 e. The first kappa shape index (κ1) is 23.7. The molecule has 4 nitrogen and oxygen atoms in total. The Kier molecular flexibility index (Phi) is 6.09. The fraction of sp³-hybridized carbons (Fsp3) is 0.214. The second-order valence-electron chi connectivity index (χ2n) is 9.48. The van der Waals surface area contributed by atoms with Gasteiger partial charge in [-0.15, -0.1) is 0 Å². The summed E-state index contributed by atoms with van der Waals surface area (Å²) in [5.74, 6) is -2.28. The summed E-state index contributed by atoms with van der Waals surface area (Å²) >= 11 is 6.02. The highest BCUT2D eigenvalue weighted by Gasteiger charge is 2.47. The first-order valence-electron chi connectivity index (χ1n) is 10.9. The first-order chi connectivity index (χ1) is 16.0. The normalized spacial score (nSPS) is 17.9. The average Bonchev–Trinajstić information content (AvgIpc) is 3.04. The van der Waals surface area contributed by atoms with Crippen LogP contribution in [0, 0.1) is 12.7 Å². The van der Waals surface area contributed by atoms with Crippen LogP contribution in [0.3, 0.4) is 0 Å². The SMILES string of the molecule is Cc1ccc(C(C)(C)C)cc1/C(O)=C1\C(=O)C(=O)N(c2ccc(Cl)cc2)C1c1ccc(F)cc1. The molecule has 1 amide bonds. The molecule has 1 saturated heterocycles. The molecule has 0 aromatic heterocycles. The van der Waals surface area contributed by atoms with Crippen LogP contribution in [0.4, 0.5) is 10.1 Å². The number of anilines is 1. The van der Waals surface area contributed by atoms with E-state index in [1.807, 2.05) is 25.1 Å². The lowest BCUT2D eigenvalue weighted by Crippen LogP contribution is -2.29. The van der Waals surface area contributed by atoms with E-state index in [0.29, 0.717) is 21.8 Å². The van der Waals surface area contributed by atoms with Gasteiger partial charge in [0, 0.05) is 16.3 Å². The minimum atomic E-state index is -0.931. The fourth-order valence-electron chi connectivity index (χ4n) is 4.15. The Hall–Kier alpha value is -3.44. The van der Waals surface area contributed by atoms with Crippen molar-refractivity contribution in [3.05, 3.63) is 105 Å². The van der Waals surface area contributed by atoms with Gasteiger partial charge in [-0.3, -0.25) is 14.5 Å². The maximum Gasteiger partial charge on any atom is 0.300 e. The number of halogens is 2. The van der Waals surface area contributed by atoms with E-state index in [4.69, 9.17) is 11.6 Å². The Morgan fingerprint density at radius 1 is 0.971 bits per heavy atom. The molecule has 6 heteroatoms. The number of Topliss-reactive ketones (excluding diaryl/α,β-unsaturated/α-hetero) is 1. The lowest BCUT2D eigenvalue weighted by atomic mass is 9.84. The van der Waals surface area contributed by atoms with E-state index in [1.165, 1.54) is 29.2 Å². The molecule has 3 aromatic carbocycles. The molecule has 1 fully saturated rings. The number of ketones is 1. The molecular weight excluding hydrogens is 453 g/mol. The summed E-state index contributed by atoms with van der Waals surface area (Å²) in [7, 11) is 0. The van der Waals surface area contributed by atoms with Gasteiger partial charge in [0.15, 0.2) is 0 Å². The first-order valence-corrected chi connectivity index (χ1v) is 11.3. The third kappa shape index (κ3) is 4.24. The van der Waals surface area contributed by atoms with Gasteiger partial charge in [0.1, 0.15) is 11.6 Å². The molecule has 1 atom stereocenters. The lowest BCUT2D eigenvalue weighted by molar-refractivity contribution is -0.132. The second-order valence-corrected chi connectivity index (χ2v) is 9.91. The number of rotatable bonds is 3. The van der Waals surface area contributed by atoms with Crippen LogP contribution >= 0.6 is 11.6 Å². The average molecular weight is 478 g/mol. The highest BCUT2D eigenvalue weighted by atomic mass is 35.5. The Labute approximate surface area is 203 Å². The van der Waals surface area contributed by atoms with Gasteiger partial charge in [-0.05, 0) is 71.5 Å². The van der Waals surface area contributed by atoms with E-state index >= 15 is 0 Å². The fourth-order valence-corrected chi connectivity index (χ4v) is 4.28. The largest absolute Gasteiger partial charge is 0.507 e. The number of benzene rings is 3. The van der Waals surface area contributed by atoms with Gasteiger partial charge in [0.25, 0.3) is 11.7 Å². The molecule has 0 bridgehead atoms. The van der Waals surface area contributed by atoms with Crippen molar-refractivity contribution in [2.45, 2.75) is 39.2 Å². The quantitative estimate of drug-likeness (QED) is 0.259. The molecular formula is C28H25ClFNO3. The van der Waals surface area contributed by atoms with Gasteiger partial charge in [-0.25, -0.2) is 4.39 Å². The van der Waals surface area contributed by atoms with Crippen molar-refractivity contribution in [3.63, 3.8) is 0 Å². The number of hydrogen-bond donors (Lipinski definition) is 1. The van der Waals surface area contributed by atoms with Crippen LogP contribution in [0.1, 0.15) is 49.1 Å². The third-order valence-corrected chi connectivity index (χ3v) is 6.35. The zero-order chi connectivity index (χ0) is 24.8. The van der Waals surface area contributed by atoms with E-state index in [0.717, 1.165) is 11.1 Å². The Morgan fingerprint density at radius 3 is 2.18 bits per heavy atom. The Bertz CT molecular complexity index is 1300. The van der Waals surface area contributed by atoms with Gasteiger partial charge >= 0.3 is 0 Å². The topological polar surface area (TPSA) is 57.6 Å². The summed E-state index contributed by atoms with van der Waals surface area (Å²) in [5, 5.41) is 11.9. The van der Waals surface area contributed by atoms with Gasteiger partial charge in [-0.1, -0.05) is 56.6 Å². The van der Waals surface area contributed by atoms with Crippen molar-refractivity contribution >= 4 is 34.7 Å². The molecule has 0 spiro atoms. The van der Waals surface area contributed by atoms with Crippen LogP contribution in [-0.4, -0.2) is 16.8 Å². The zero-order valence-corrected chi connectivity index (χ0v) is 20.2. The predicted octanol–water partition coefficient (Wildman–Crippen LogP) is 6.71. The molecule has 1 aliphatic heterocycles. The molecule has 3 aromatic rings. The van der Waals surface area contributed by atoms with Crippen molar-refractivity contribution in [1.82, 2.24) is 0 Å². The number of aryl methyl sites for hydroxylation is 1. The maximum atomic E-state index is 13.7. The zero-order valence-electron chi connectivity index (χ0n) is 19.4. The standard InChI is InChI=1S/C28H25ClFNO3/c1-16-5-8-18(28(2,3)4)15-22(16)25(32)23-24(17-6-11-20(30)12-7-17)31(27(34)26(23)33)21-13-9-19(29)10-14-21/h5-15,24,32H,1-4H3/b25-23+. The number of aliphatic hydroxyl groups is 1. The monoisotopic (exact) mass is 477 g/mol. The molecule has 1 unspecified atom stereocenters. The summed E-state index contributed by atoms with van der Waals surface area (Å²) in [6.45, 7) is 8.00. The molecule has 34 heavy (non-hydrogen) atoms. The van der Waals surface area contributed by atoms with Crippen molar-refractivity contribution in [1.29, 1.82) is 0 Å². The Balaban J connectivity index is 1.97. The predicted molar refractivity (Wildman–Crippen MR) is 133 cm³/mol. The number of carbonyl (C=O) groups is 2. The highest BCUT2D eigenvalue weighted by Crippen LogP contribution is 2.43. The van der Waals surface area contributed by atoms with Crippen molar-refractivity contribution in [3.8, 4) is 0 Å².